The van der Waals surface area contributed by atoms with E-state index >= 15 is 0 Å². The van der Waals surface area contributed by atoms with Gasteiger partial charge in [-0.05, 0) is 32.0 Å². The third kappa shape index (κ3) is 3.20. The Kier molecular flexibility index (Phi) is 4.79. The molecule has 1 unspecified atom stereocenters. The largest absolute Gasteiger partial charge is 0.496 e. The van der Waals surface area contributed by atoms with E-state index < -0.39 is 0 Å². The van der Waals surface area contributed by atoms with Gasteiger partial charge in [-0.25, -0.2) is 0 Å². The van der Waals surface area contributed by atoms with Gasteiger partial charge in [0.2, 0.25) is 0 Å². The minimum absolute atomic E-state index is 0.0611. The molecule has 108 valence electrons. The van der Waals surface area contributed by atoms with Crippen LogP contribution < -0.4 is 10.1 Å². The first-order valence-corrected chi connectivity index (χ1v) is 7.03. The fourth-order valence-corrected chi connectivity index (χ4v) is 2.33. The smallest absolute Gasteiger partial charge is 0.124 e. The molecule has 1 aromatic carbocycles. The lowest BCUT2D eigenvalue weighted by Crippen LogP contribution is -2.24. The van der Waals surface area contributed by atoms with E-state index in [-0.39, 0.29) is 6.04 Å². The summed E-state index contributed by atoms with van der Waals surface area (Å²) in [7, 11) is 3.65. The molecular formula is C16H23N3O. The zero-order valence-corrected chi connectivity index (χ0v) is 12.7. The van der Waals surface area contributed by atoms with Gasteiger partial charge in [-0.15, -0.1) is 0 Å². The van der Waals surface area contributed by atoms with Crippen LogP contribution in [0.2, 0.25) is 0 Å². The average Bonchev–Trinajstić information content (AvgIpc) is 2.86. The number of hydrogen-bond donors (Lipinski definition) is 1. The van der Waals surface area contributed by atoms with Crippen molar-refractivity contribution in [2.45, 2.75) is 26.3 Å². The van der Waals surface area contributed by atoms with Crippen molar-refractivity contribution in [1.29, 1.82) is 0 Å². The first kappa shape index (κ1) is 14.6. The monoisotopic (exact) mass is 273 g/mol. The van der Waals surface area contributed by atoms with E-state index in [2.05, 4.69) is 42.5 Å². The summed E-state index contributed by atoms with van der Waals surface area (Å²) in [6.07, 6.45) is 3.05. The third-order valence-electron chi connectivity index (χ3n) is 3.32. The van der Waals surface area contributed by atoms with Crippen molar-refractivity contribution < 1.29 is 4.74 Å². The van der Waals surface area contributed by atoms with Crippen LogP contribution in [0, 0.1) is 6.92 Å². The number of benzene rings is 1. The van der Waals surface area contributed by atoms with Crippen molar-refractivity contribution in [1.82, 2.24) is 15.1 Å². The number of nitrogens with one attached hydrogen (secondary N) is 1. The van der Waals surface area contributed by atoms with Crippen molar-refractivity contribution in [3.8, 4) is 5.75 Å². The quantitative estimate of drug-likeness (QED) is 0.879. The second-order valence-electron chi connectivity index (χ2n) is 5.05. The molecule has 1 atom stereocenters. The molecule has 0 aliphatic rings. The van der Waals surface area contributed by atoms with Crippen LogP contribution in [0.4, 0.5) is 0 Å². The first-order chi connectivity index (χ1) is 9.65. The van der Waals surface area contributed by atoms with Crippen LogP contribution >= 0.6 is 0 Å². The fourth-order valence-electron chi connectivity index (χ4n) is 2.33. The molecule has 1 heterocycles. The Morgan fingerprint density at radius 3 is 2.75 bits per heavy atom. The number of hydrogen-bond acceptors (Lipinski definition) is 3. The predicted octanol–water partition coefficient (Wildman–Crippen LogP) is 2.83. The van der Waals surface area contributed by atoms with Crippen molar-refractivity contribution in [3.63, 3.8) is 0 Å². The van der Waals surface area contributed by atoms with Gasteiger partial charge in [-0.2, -0.15) is 5.10 Å². The number of ether oxygens (including phenoxy) is 1. The molecule has 0 saturated carbocycles. The van der Waals surface area contributed by atoms with E-state index in [1.165, 1.54) is 5.56 Å². The van der Waals surface area contributed by atoms with Crippen molar-refractivity contribution in [2.24, 2.45) is 7.05 Å². The maximum atomic E-state index is 5.51. The molecule has 2 rings (SSSR count). The maximum absolute atomic E-state index is 5.51. The van der Waals surface area contributed by atoms with Gasteiger partial charge in [-0.3, -0.25) is 4.68 Å². The van der Waals surface area contributed by atoms with Gasteiger partial charge in [0.1, 0.15) is 5.75 Å². The minimum atomic E-state index is 0.0611. The summed E-state index contributed by atoms with van der Waals surface area (Å²) < 4.78 is 7.35. The first-order valence-electron chi connectivity index (χ1n) is 7.03. The number of nitrogens with zero attached hydrogens (tertiary/aromatic N) is 2. The van der Waals surface area contributed by atoms with Gasteiger partial charge in [-0.1, -0.05) is 24.6 Å². The summed E-state index contributed by atoms with van der Waals surface area (Å²) in [6.45, 7) is 5.20. The second kappa shape index (κ2) is 6.57. The molecule has 4 heteroatoms. The van der Waals surface area contributed by atoms with Crippen LogP contribution in [0.15, 0.2) is 30.5 Å². The average molecular weight is 273 g/mol. The Morgan fingerprint density at radius 2 is 2.15 bits per heavy atom. The minimum Gasteiger partial charge on any atom is -0.496 e. The van der Waals surface area contributed by atoms with E-state index in [1.54, 1.807) is 7.11 Å². The summed E-state index contributed by atoms with van der Waals surface area (Å²) in [5.74, 6) is 0.898. The number of aromatic nitrogens is 2. The van der Waals surface area contributed by atoms with Crippen LogP contribution in [-0.4, -0.2) is 23.4 Å². The molecule has 4 nitrogen and oxygen atoms in total. The molecule has 0 fully saturated rings. The topological polar surface area (TPSA) is 39.1 Å². The molecule has 0 bridgehead atoms. The van der Waals surface area contributed by atoms with Gasteiger partial charge in [0.15, 0.2) is 0 Å². The maximum Gasteiger partial charge on any atom is 0.124 e. The summed E-state index contributed by atoms with van der Waals surface area (Å²) in [5, 5.41) is 8.11. The summed E-state index contributed by atoms with van der Waals surface area (Å²) in [4.78, 5) is 0. The zero-order chi connectivity index (χ0) is 14.5. The highest BCUT2D eigenvalue weighted by molar-refractivity contribution is 5.42. The molecular weight excluding hydrogens is 250 g/mol. The van der Waals surface area contributed by atoms with Crippen LogP contribution in [-0.2, 0) is 7.05 Å². The number of aryl methyl sites for hydroxylation is 2. The van der Waals surface area contributed by atoms with Crippen LogP contribution in [0.3, 0.4) is 0 Å². The van der Waals surface area contributed by atoms with Crippen LogP contribution in [0.5, 0.6) is 5.75 Å². The Bertz CT molecular complexity index is 563. The molecule has 0 radical (unpaired) electrons. The molecule has 20 heavy (non-hydrogen) atoms. The predicted molar refractivity (Wildman–Crippen MR) is 81.1 cm³/mol. The van der Waals surface area contributed by atoms with Crippen molar-refractivity contribution in [3.05, 3.63) is 47.3 Å². The molecule has 2 aromatic rings. The molecule has 1 aromatic heterocycles. The van der Waals surface area contributed by atoms with E-state index in [9.17, 15) is 0 Å². The highest BCUT2D eigenvalue weighted by atomic mass is 16.5. The van der Waals surface area contributed by atoms with Crippen LogP contribution in [0.25, 0.3) is 0 Å². The van der Waals surface area contributed by atoms with Gasteiger partial charge < -0.3 is 10.1 Å². The summed E-state index contributed by atoms with van der Waals surface area (Å²) in [6, 6.07) is 8.37. The van der Waals surface area contributed by atoms with Crippen molar-refractivity contribution in [2.75, 3.05) is 13.7 Å². The van der Waals surface area contributed by atoms with Gasteiger partial charge in [0.25, 0.3) is 0 Å². The summed E-state index contributed by atoms with van der Waals surface area (Å²) in [5.41, 5.74) is 3.38. The van der Waals surface area contributed by atoms with Gasteiger partial charge in [0.05, 0.1) is 18.8 Å². The zero-order valence-electron chi connectivity index (χ0n) is 12.7. The lowest BCUT2D eigenvalue weighted by molar-refractivity contribution is 0.403. The van der Waals surface area contributed by atoms with Crippen molar-refractivity contribution >= 4 is 0 Å². The second-order valence-corrected chi connectivity index (χ2v) is 5.05. The van der Waals surface area contributed by atoms with Gasteiger partial charge in [0, 0.05) is 18.8 Å². The van der Waals surface area contributed by atoms with E-state index in [4.69, 9.17) is 4.74 Å². The lowest BCUT2D eigenvalue weighted by atomic mass is 10.00. The van der Waals surface area contributed by atoms with Gasteiger partial charge >= 0.3 is 0 Å². The molecule has 0 aliphatic carbocycles. The standard InChI is InChI=1S/C16H23N3O/c1-5-9-17-16(14-8-10-19(3)18-14)13-11-12(2)6-7-15(13)20-4/h6-8,10-11,16-17H,5,9H2,1-4H3. The molecule has 0 aliphatic heterocycles. The Morgan fingerprint density at radius 1 is 1.35 bits per heavy atom. The molecule has 0 amide bonds. The van der Waals surface area contributed by atoms with E-state index in [0.717, 1.165) is 30.0 Å². The Labute approximate surface area is 120 Å². The molecule has 1 N–H and O–H groups in total. The molecule has 0 saturated heterocycles. The third-order valence-corrected chi connectivity index (χ3v) is 3.32. The Hall–Kier alpha value is -1.81. The fraction of sp³-hybridized carbons (Fsp3) is 0.438. The van der Waals surface area contributed by atoms with E-state index in [0.29, 0.717) is 0 Å². The lowest BCUT2D eigenvalue weighted by Gasteiger charge is -2.20. The molecule has 0 spiro atoms. The SMILES string of the molecule is CCCNC(c1ccn(C)n1)c1cc(C)ccc1OC. The van der Waals surface area contributed by atoms with E-state index in [1.807, 2.05) is 24.0 Å². The van der Waals surface area contributed by atoms with Crippen LogP contribution in [0.1, 0.15) is 36.2 Å². The Balaban J connectivity index is 2.42. The normalized spacial score (nSPS) is 12.4. The number of methoxy groups -OCH3 is 1. The highest BCUT2D eigenvalue weighted by Gasteiger charge is 2.20. The number of rotatable bonds is 6. The summed E-state index contributed by atoms with van der Waals surface area (Å²) >= 11 is 0. The highest BCUT2D eigenvalue weighted by Crippen LogP contribution is 2.30.